The van der Waals surface area contributed by atoms with Crippen molar-refractivity contribution in [1.29, 1.82) is 0 Å². The molecule has 2 aromatic rings. The van der Waals surface area contributed by atoms with Crippen LogP contribution in [0.15, 0.2) is 34.9 Å². The van der Waals surface area contributed by atoms with Gasteiger partial charge in [0.2, 0.25) is 5.89 Å². The Hall–Kier alpha value is -2.90. The highest BCUT2D eigenvalue weighted by Gasteiger charge is 2.58. The Kier molecular flexibility index (Phi) is 5.89. The summed E-state index contributed by atoms with van der Waals surface area (Å²) >= 11 is 0. The number of benzene rings is 1. The minimum Gasteiger partial charge on any atom is -0.469 e. The van der Waals surface area contributed by atoms with Crippen LogP contribution in [0.1, 0.15) is 102 Å². The fraction of sp³-hybridized carbons (Fsp3) is 0.667. The summed E-state index contributed by atoms with van der Waals surface area (Å²) < 4.78 is 16.9. The number of carbonyl (C=O) groups excluding carboxylic acids is 2. The Labute approximate surface area is 224 Å². The highest BCUT2D eigenvalue weighted by atomic mass is 16.6. The zero-order valence-corrected chi connectivity index (χ0v) is 23.0. The number of aromatic nitrogens is 2. The van der Waals surface area contributed by atoms with E-state index in [0.717, 1.165) is 57.8 Å². The van der Waals surface area contributed by atoms with Crippen molar-refractivity contribution in [1.82, 2.24) is 15.0 Å². The van der Waals surface area contributed by atoms with Crippen LogP contribution in [0.3, 0.4) is 0 Å². The molecule has 8 heteroatoms. The average Bonchev–Trinajstić information content (AvgIpc) is 3.83. The summed E-state index contributed by atoms with van der Waals surface area (Å²) in [7, 11) is 1.48. The van der Waals surface area contributed by atoms with Gasteiger partial charge in [0.1, 0.15) is 5.60 Å². The number of ether oxygens (including phenoxy) is 2. The van der Waals surface area contributed by atoms with Crippen molar-refractivity contribution in [2.24, 2.45) is 5.41 Å². The molecule has 7 rings (SSSR count). The van der Waals surface area contributed by atoms with Crippen molar-refractivity contribution in [2.45, 2.75) is 107 Å². The SMILES string of the molecule is COC(=O)C12CCC(c3nc(C4(CN(C(=O)OC(C)(C)C)[C@H]5CC5c5ccccc5)CC4)no3)(CC1)CC2. The van der Waals surface area contributed by atoms with Crippen molar-refractivity contribution in [3.05, 3.63) is 47.6 Å². The average molecular weight is 522 g/mol. The van der Waals surface area contributed by atoms with Crippen LogP contribution in [0.5, 0.6) is 0 Å². The van der Waals surface area contributed by atoms with Gasteiger partial charge in [-0.15, -0.1) is 0 Å². The number of methoxy groups -OCH3 is 1. The minimum atomic E-state index is -0.566. The number of esters is 1. The molecule has 1 aromatic carbocycles. The maximum atomic E-state index is 13.4. The first-order valence-corrected chi connectivity index (χ1v) is 14.1. The molecule has 0 radical (unpaired) electrons. The maximum Gasteiger partial charge on any atom is 0.410 e. The third-order valence-corrected chi connectivity index (χ3v) is 9.56. The molecule has 2 bridgehead atoms. The van der Waals surface area contributed by atoms with Crippen LogP contribution >= 0.6 is 0 Å². The first-order valence-electron chi connectivity index (χ1n) is 14.1. The van der Waals surface area contributed by atoms with Crippen LogP contribution < -0.4 is 0 Å². The second-order valence-electron chi connectivity index (χ2n) is 13.2. The quantitative estimate of drug-likeness (QED) is 0.434. The first-order chi connectivity index (χ1) is 18.1. The molecule has 0 N–H and O–H groups in total. The molecule has 0 saturated heterocycles. The van der Waals surface area contributed by atoms with Gasteiger partial charge in [-0.25, -0.2) is 4.79 Å². The highest BCUT2D eigenvalue weighted by Crippen LogP contribution is 2.58. The monoisotopic (exact) mass is 521 g/mol. The Morgan fingerprint density at radius 2 is 1.68 bits per heavy atom. The van der Waals surface area contributed by atoms with Gasteiger partial charge in [0.15, 0.2) is 5.82 Å². The van der Waals surface area contributed by atoms with Crippen LogP contribution in [0.2, 0.25) is 0 Å². The Bertz CT molecular complexity index is 1190. The van der Waals surface area contributed by atoms with Gasteiger partial charge in [-0.05, 0) is 84.1 Å². The van der Waals surface area contributed by atoms with E-state index in [1.165, 1.54) is 12.7 Å². The molecule has 5 aliphatic carbocycles. The standard InChI is InChI=1S/C30H39N3O5/c1-27(2,3)37-26(35)33(22-18-21(22)20-8-6-5-7-9-20)19-30(16-17-30)23-31-24(38-32-23)28-10-13-29(14-11-28,15-12-28)25(34)36-4/h5-9,21-22H,10-19H2,1-4H3/t21?,22-,28?,29?/m0/s1. The van der Waals surface area contributed by atoms with Gasteiger partial charge in [0.05, 0.1) is 17.9 Å². The summed E-state index contributed by atoms with van der Waals surface area (Å²) in [6.07, 6.45) is 7.51. The van der Waals surface area contributed by atoms with Gasteiger partial charge in [-0.3, -0.25) is 4.79 Å². The topological polar surface area (TPSA) is 94.8 Å². The van der Waals surface area contributed by atoms with Gasteiger partial charge >= 0.3 is 12.1 Å². The van der Waals surface area contributed by atoms with E-state index in [4.69, 9.17) is 19.0 Å². The zero-order valence-electron chi connectivity index (χ0n) is 23.0. The molecular formula is C30H39N3O5. The number of nitrogens with zero attached hydrogens (tertiary/aromatic N) is 3. The molecule has 1 amide bonds. The molecular weight excluding hydrogens is 482 g/mol. The molecule has 204 valence electrons. The van der Waals surface area contributed by atoms with Gasteiger partial charge < -0.3 is 18.9 Å². The van der Waals surface area contributed by atoms with Crippen LogP contribution in [0, 0.1) is 5.41 Å². The van der Waals surface area contributed by atoms with E-state index in [1.807, 2.05) is 31.7 Å². The summed E-state index contributed by atoms with van der Waals surface area (Å²) in [5, 5.41) is 4.49. The van der Waals surface area contributed by atoms with Gasteiger partial charge in [-0.1, -0.05) is 35.5 Å². The molecule has 1 heterocycles. The normalized spacial score (nSPS) is 30.9. The van der Waals surface area contributed by atoms with E-state index in [-0.39, 0.29) is 34.3 Å². The number of carbonyl (C=O) groups is 2. The number of hydrogen-bond donors (Lipinski definition) is 0. The smallest absolute Gasteiger partial charge is 0.410 e. The molecule has 0 aliphatic heterocycles. The number of amides is 1. The van der Waals surface area contributed by atoms with Crippen LogP contribution in [-0.4, -0.2) is 52.4 Å². The lowest BCUT2D eigenvalue weighted by Crippen LogP contribution is -2.48. The van der Waals surface area contributed by atoms with E-state index in [2.05, 4.69) is 29.4 Å². The minimum absolute atomic E-state index is 0.0786. The van der Waals surface area contributed by atoms with Crippen LogP contribution in [0.25, 0.3) is 0 Å². The van der Waals surface area contributed by atoms with Gasteiger partial charge in [0.25, 0.3) is 0 Å². The molecule has 5 aliphatic rings. The number of hydrogen-bond acceptors (Lipinski definition) is 7. The largest absolute Gasteiger partial charge is 0.469 e. The molecule has 2 atom stereocenters. The number of rotatable bonds is 7. The van der Waals surface area contributed by atoms with Crippen LogP contribution in [0.4, 0.5) is 4.79 Å². The predicted molar refractivity (Wildman–Crippen MR) is 140 cm³/mol. The molecule has 38 heavy (non-hydrogen) atoms. The van der Waals surface area contributed by atoms with Crippen molar-refractivity contribution < 1.29 is 23.6 Å². The lowest BCUT2D eigenvalue weighted by molar-refractivity contribution is -0.160. The number of fused-ring (bicyclic) bond motifs is 3. The van der Waals surface area contributed by atoms with Gasteiger partial charge in [-0.2, -0.15) is 4.98 Å². The second-order valence-corrected chi connectivity index (χ2v) is 13.2. The summed E-state index contributed by atoms with van der Waals surface area (Å²) in [4.78, 5) is 32.8. The Morgan fingerprint density at radius 1 is 1.03 bits per heavy atom. The van der Waals surface area contributed by atoms with Crippen molar-refractivity contribution in [3.63, 3.8) is 0 Å². The second kappa shape index (κ2) is 8.82. The van der Waals surface area contributed by atoms with E-state index < -0.39 is 5.60 Å². The third kappa shape index (κ3) is 4.39. The molecule has 5 fully saturated rings. The van der Waals surface area contributed by atoms with Gasteiger partial charge in [0, 0.05) is 23.9 Å². The van der Waals surface area contributed by atoms with Crippen LogP contribution in [-0.2, 0) is 25.1 Å². The summed E-state index contributed by atoms with van der Waals surface area (Å²) in [5.41, 5.74) is -0.0997. The molecule has 0 spiro atoms. The van der Waals surface area contributed by atoms with E-state index >= 15 is 0 Å². The highest BCUT2D eigenvalue weighted by molar-refractivity contribution is 5.77. The predicted octanol–water partition coefficient (Wildman–Crippen LogP) is 5.66. The van der Waals surface area contributed by atoms with Crippen molar-refractivity contribution in [3.8, 4) is 0 Å². The third-order valence-electron chi connectivity index (χ3n) is 9.56. The summed E-state index contributed by atoms with van der Waals surface area (Å²) in [6.45, 7) is 6.26. The Morgan fingerprint density at radius 3 is 2.26 bits per heavy atom. The summed E-state index contributed by atoms with van der Waals surface area (Å²) in [5.74, 6) is 1.65. The summed E-state index contributed by atoms with van der Waals surface area (Å²) in [6, 6.07) is 10.5. The molecule has 1 aromatic heterocycles. The lowest BCUT2D eigenvalue weighted by Gasteiger charge is -2.49. The maximum absolute atomic E-state index is 13.4. The lowest BCUT2D eigenvalue weighted by atomic mass is 9.53. The Balaban J connectivity index is 1.20. The van der Waals surface area contributed by atoms with Crippen molar-refractivity contribution >= 4 is 12.1 Å². The fourth-order valence-electron chi connectivity index (χ4n) is 6.84. The molecule has 5 saturated carbocycles. The van der Waals surface area contributed by atoms with E-state index in [1.54, 1.807) is 0 Å². The first kappa shape index (κ1) is 25.4. The van der Waals surface area contributed by atoms with E-state index in [0.29, 0.717) is 24.2 Å². The molecule has 1 unspecified atom stereocenters. The fourth-order valence-corrected chi connectivity index (χ4v) is 6.84. The zero-order chi connectivity index (χ0) is 26.8. The van der Waals surface area contributed by atoms with E-state index in [9.17, 15) is 9.59 Å². The molecule has 8 nitrogen and oxygen atoms in total. The van der Waals surface area contributed by atoms with Crippen molar-refractivity contribution in [2.75, 3.05) is 13.7 Å².